The fourth-order valence-electron chi connectivity index (χ4n) is 1.54. The third-order valence-electron chi connectivity index (χ3n) is 2.46. The molecule has 1 N–H and O–H groups in total. The van der Waals surface area contributed by atoms with Crippen molar-refractivity contribution in [1.29, 1.82) is 0 Å². The maximum Gasteiger partial charge on any atom is 0.249 e. The Morgan fingerprint density at radius 2 is 2.11 bits per heavy atom. The van der Waals surface area contributed by atoms with Gasteiger partial charge in [-0.1, -0.05) is 23.7 Å². The first-order chi connectivity index (χ1) is 8.70. The molecule has 0 amide bonds. The van der Waals surface area contributed by atoms with E-state index in [1.807, 2.05) is 30.1 Å². The number of hydrogen-bond donors (Lipinski definition) is 1. The fourth-order valence-corrected chi connectivity index (χ4v) is 1.76. The Kier molecular flexibility index (Phi) is 4.30. The van der Waals surface area contributed by atoms with Gasteiger partial charge in [-0.25, -0.2) is 0 Å². The van der Waals surface area contributed by atoms with Crippen molar-refractivity contribution in [3.8, 4) is 11.5 Å². The van der Waals surface area contributed by atoms with Gasteiger partial charge in [-0.05, 0) is 19.2 Å². The third kappa shape index (κ3) is 3.07. The Morgan fingerprint density at radius 3 is 2.83 bits per heavy atom. The van der Waals surface area contributed by atoms with E-state index >= 15 is 0 Å². The molecule has 0 fully saturated rings. The second kappa shape index (κ2) is 5.95. The van der Waals surface area contributed by atoms with Crippen molar-refractivity contribution in [3.63, 3.8) is 0 Å². The molecule has 18 heavy (non-hydrogen) atoms. The summed E-state index contributed by atoms with van der Waals surface area (Å²) < 4.78 is 5.54. The summed E-state index contributed by atoms with van der Waals surface area (Å²) in [6.45, 7) is 1.16. The lowest BCUT2D eigenvalue weighted by Crippen LogP contribution is -2.21. The van der Waals surface area contributed by atoms with Crippen molar-refractivity contribution < 1.29 is 9.52 Å². The molecule has 0 aliphatic rings. The van der Waals surface area contributed by atoms with Gasteiger partial charge < -0.3 is 9.52 Å². The number of hydrogen-bond acceptors (Lipinski definition) is 5. The van der Waals surface area contributed by atoms with Gasteiger partial charge >= 0.3 is 0 Å². The van der Waals surface area contributed by atoms with Crippen LogP contribution in [0.1, 0.15) is 5.89 Å². The molecular formula is C12H14ClN3O2. The molecule has 5 nitrogen and oxygen atoms in total. The Bertz CT molecular complexity index is 516. The number of benzene rings is 1. The van der Waals surface area contributed by atoms with Gasteiger partial charge in [0, 0.05) is 6.54 Å². The van der Waals surface area contributed by atoms with E-state index in [0.717, 1.165) is 5.56 Å². The second-order valence-corrected chi connectivity index (χ2v) is 4.35. The van der Waals surface area contributed by atoms with E-state index in [0.29, 0.717) is 29.9 Å². The van der Waals surface area contributed by atoms with Crippen molar-refractivity contribution in [2.45, 2.75) is 6.54 Å². The molecular weight excluding hydrogens is 254 g/mol. The smallest absolute Gasteiger partial charge is 0.249 e. The molecule has 1 aromatic carbocycles. The zero-order valence-electron chi connectivity index (χ0n) is 10.0. The van der Waals surface area contributed by atoms with Crippen LogP contribution in [0.3, 0.4) is 0 Å². The summed E-state index contributed by atoms with van der Waals surface area (Å²) in [6, 6.07) is 7.32. The molecule has 0 saturated heterocycles. The Hall–Kier alpha value is -1.43. The highest BCUT2D eigenvalue weighted by Gasteiger charge is 2.12. The lowest BCUT2D eigenvalue weighted by Gasteiger charge is -2.11. The van der Waals surface area contributed by atoms with Crippen molar-refractivity contribution in [2.24, 2.45) is 0 Å². The monoisotopic (exact) mass is 267 g/mol. The van der Waals surface area contributed by atoms with Crippen molar-refractivity contribution in [3.05, 3.63) is 35.2 Å². The van der Waals surface area contributed by atoms with E-state index in [-0.39, 0.29) is 6.61 Å². The number of nitrogens with zero attached hydrogens (tertiary/aromatic N) is 3. The summed E-state index contributed by atoms with van der Waals surface area (Å²) >= 11 is 6.05. The summed E-state index contributed by atoms with van der Waals surface area (Å²) in [5, 5.41) is 17.3. The summed E-state index contributed by atoms with van der Waals surface area (Å²) in [4.78, 5) is 1.89. The minimum Gasteiger partial charge on any atom is -0.419 e. The number of aliphatic hydroxyl groups is 1. The Labute approximate surface area is 110 Å². The molecule has 0 atom stereocenters. The molecule has 6 heteroatoms. The van der Waals surface area contributed by atoms with Crippen LogP contribution in [0.15, 0.2) is 28.7 Å². The van der Waals surface area contributed by atoms with Crippen LogP contribution < -0.4 is 0 Å². The molecule has 0 bridgehead atoms. The molecule has 2 aromatic rings. The SMILES string of the molecule is CN(CCO)Cc1nnc(-c2ccccc2Cl)o1. The molecule has 0 saturated carbocycles. The van der Waals surface area contributed by atoms with Crippen LogP contribution in [0.25, 0.3) is 11.5 Å². The Morgan fingerprint density at radius 1 is 1.33 bits per heavy atom. The van der Waals surface area contributed by atoms with Crippen molar-refractivity contribution in [1.82, 2.24) is 15.1 Å². The number of likely N-dealkylation sites (N-methyl/N-ethyl adjacent to an activating group) is 1. The number of rotatable bonds is 5. The normalized spacial score (nSPS) is 11.1. The molecule has 0 aliphatic carbocycles. The van der Waals surface area contributed by atoms with Gasteiger partial charge in [0.25, 0.3) is 0 Å². The highest BCUT2D eigenvalue weighted by atomic mass is 35.5. The highest BCUT2D eigenvalue weighted by molar-refractivity contribution is 6.33. The fraction of sp³-hybridized carbons (Fsp3) is 0.333. The van der Waals surface area contributed by atoms with Gasteiger partial charge in [-0.2, -0.15) is 0 Å². The van der Waals surface area contributed by atoms with E-state index in [1.165, 1.54) is 0 Å². The first-order valence-electron chi connectivity index (χ1n) is 5.57. The lowest BCUT2D eigenvalue weighted by atomic mass is 10.2. The summed E-state index contributed by atoms with van der Waals surface area (Å²) in [7, 11) is 1.87. The summed E-state index contributed by atoms with van der Waals surface area (Å²) in [6.07, 6.45) is 0. The molecule has 1 heterocycles. The molecule has 0 unspecified atom stereocenters. The predicted molar refractivity (Wildman–Crippen MR) is 68.2 cm³/mol. The topological polar surface area (TPSA) is 62.4 Å². The van der Waals surface area contributed by atoms with Gasteiger partial charge in [-0.3, -0.25) is 4.90 Å². The quantitative estimate of drug-likeness (QED) is 0.895. The zero-order chi connectivity index (χ0) is 13.0. The minimum absolute atomic E-state index is 0.0992. The van der Waals surface area contributed by atoms with E-state index in [1.54, 1.807) is 6.07 Å². The van der Waals surface area contributed by atoms with E-state index in [4.69, 9.17) is 21.1 Å². The van der Waals surface area contributed by atoms with Crippen LogP contribution in [-0.4, -0.2) is 40.4 Å². The number of halogens is 1. The van der Waals surface area contributed by atoms with Gasteiger partial charge in [0.05, 0.1) is 23.7 Å². The van der Waals surface area contributed by atoms with Gasteiger partial charge in [0.15, 0.2) is 0 Å². The first kappa shape index (κ1) is 13.0. The summed E-state index contributed by atoms with van der Waals surface area (Å²) in [5.74, 6) is 0.911. The van der Waals surface area contributed by atoms with Crippen molar-refractivity contribution in [2.75, 3.05) is 20.2 Å². The second-order valence-electron chi connectivity index (χ2n) is 3.94. The van der Waals surface area contributed by atoms with Gasteiger partial charge in [-0.15, -0.1) is 10.2 Å². The molecule has 0 radical (unpaired) electrons. The highest BCUT2D eigenvalue weighted by Crippen LogP contribution is 2.26. The minimum atomic E-state index is 0.0992. The van der Waals surface area contributed by atoms with Crippen LogP contribution in [0, 0.1) is 0 Å². The zero-order valence-corrected chi connectivity index (χ0v) is 10.8. The van der Waals surface area contributed by atoms with Gasteiger partial charge in [0.1, 0.15) is 0 Å². The predicted octanol–water partition coefficient (Wildman–Crippen LogP) is 1.81. The van der Waals surface area contributed by atoms with Crippen LogP contribution >= 0.6 is 11.6 Å². The van der Waals surface area contributed by atoms with E-state index in [9.17, 15) is 0 Å². The third-order valence-corrected chi connectivity index (χ3v) is 2.79. The molecule has 0 aliphatic heterocycles. The molecule has 1 aromatic heterocycles. The molecule has 96 valence electrons. The van der Waals surface area contributed by atoms with Crippen LogP contribution in [0.2, 0.25) is 5.02 Å². The maximum atomic E-state index is 8.81. The Balaban J connectivity index is 2.13. The first-order valence-corrected chi connectivity index (χ1v) is 5.95. The van der Waals surface area contributed by atoms with Gasteiger partial charge in [0.2, 0.25) is 11.8 Å². The standard InChI is InChI=1S/C12H14ClN3O2/c1-16(6-7-17)8-11-14-15-12(18-11)9-4-2-3-5-10(9)13/h2-5,17H,6-8H2,1H3. The van der Waals surface area contributed by atoms with Crippen LogP contribution in [0.5, 0.6) is 0 Å². The largest absolute Gasteiger partial charge is 0.419 e. The van der Waals surface area contributed by atoms with Crippen LogP contribution in [0.4, 0.5) is 0 Å². The number of aliphatic hydroxyl groups excluding tert-OH is 1. The number of aromatic nitrogens is 2. The van der Waals surface area contributed by atoms with Crippen molar-refractivity contribution >= 4 is 11.6 Å². The summed E-state index contributed by atoms with van der Waals surface area (Å²) in [5.41, 5.74) is 0.725. The maximum absolute atomic E-state index is 8.81. The lowest BCUT2D eigenvalue weighted by molar-refractivity contribution is 0.206. The van der Waals surface area contributed by atoms with Crippen LogP contribution in [-0.2, 0) is 6.54 Å². The average Bonchev–Trinajstić information content (AvgIpc) is 2.78. The van der Waals surface area contributed by atoms with E-state index in [2.05, 4.69) is 10.2 Å². The average molecular weight is 268 g/mol. The van der Waals surface area contributed by atoms with E-state index < -0.39 is 0 Å². The molecule has 2 rings (SSSR count). The molecule has 0 spiro atoms.